The Kier molecular flexibility index (Phi) is 3.48. The quantitative estimate of drug-likeness (QED) is 0.752. The zero-order valence-electron chi connectivity index (χ0n) is 6.56. The summed E-state index contributed by atoms with van der Waals surface area (Å²) in [5, 5.41) is 1.98. The van der Waals surface area contributed by atoms with Gasteiger partial charge in [-0.05, 0) is 6.92 Å². The molecule has 0 bridgehead atoms. The van der Waals surface area contributed by atoms with Crippen molar-refractivity contribution in [1.29, 1.82) is 0 Å². The molecule has 1 aromatic heterocycles. The van der Waals surface area contributed by atoms with Crippen molar-refractivity contribution >= 4 is 27.3 Å². The second kappa shape index (κ2) is 4.18. The highest BCUT2D eigenvalue weighted by molar-refractivity contribution is 9.08. The van der Waals surface area contributed by atoms with E-state index >= 15 is 0 Å². The zero-order chi connectivity index (χ0) is 8.27. The van der Waals surface area contributed by atoms with E-state index in [1.165, 1.54) is 4.88 Å². The van der Waals surface area contributed by atoms with Crippen LogP contribution in [-0.4, -0.2) is 12.1 Å². The van der Waals surface area contributed by atoms with Crippen LogP contribution in [0, 0.1) is 6.92 Å². The van der Waals surface area contributed by atoms with Crippen LogP contribution in [-0.2, 0) is 16.7 Å². The smallest absolute Gasteiger partial charge is 0.0901 e. The van der Waals surface area contributed by atoms with E-state index in [1.54, 1.807) is 18.4 Å². The van der Waals surface area contributed by atoms with Gasteiger partial charge in [0.1, 0.15) is 0 Å². The van der Waals surface area contributed by atoms with Gasteiger partial charge in [-0.15, -0.1) is 11.3 Å². The van der Waals surface area contributed by atoms with Gasteiger partial charge < -0.3 is 4.74 Å². The van der Waals surface area contributed by atoms with Crippen LogP contribution in [0.25, 0.3) is 0 Å². The molecule has 1 heterocycles. The summed E-state index contributed by atoms with van der Waals surface area (Å²) in [6, 6.07) is 0. The van der Waals surface area contributed by atoms with E-state index in [4.69, 9.17) is 4.74 Å². The second-order valence-corrected chi connectivity index (χ2v) is 4.02. The third kappa shape index (κ3) is 2.25. The van der Waals surface area contributed by atoms with E-state index < -0.39 is 0 Å². The lowest BCUT2D eigenvalue weighted by molar-refractivity contribution is 0.181. The molecule has 0 aliphatic rings. The minimum atomic E-state index is 0.616. The first-order chi connectivity index (χ1) is 5.27. The number of halogens is 1. The van der Waals surface area contributed by atoms with E-state index in [0.29, 0.717) is 6.61 Å². The van der Waals surface area contributed by atoms with Crippen molar-refractivity contribution in [3.05, 3.63) is 15.6 Å². The van der Waals surface area contributed by atoms with Crippen LogP contribution >= 0.6 is 27.3 Å². The molecule has 0 aliphatic carbocycles. The molecular formula is C7H10BrNOS. The Bertz CT molecular complexity index is 236. The predicted octanol–water partition coefficient (Wildman–Crippen LogP) is 2.49. The van der Waals surface area contributed by atoms with Crippen LogP contribution in [0.5, 0.6) is 0 Å². The van der Waals surface area contributed by atoms with Crippen molar-refractivity contribution in [2.75, 3.05) is 7.11 Å². The highest BCUT2D eigenvalue weighted by Gasteiger charge is 2.06. The predicted molar refractivity (Wildman–Crippen MR) is 50.2 cm³/mol. The number of thiazole rings is 1. The maximum atomic E-state index is 5.01. The summed E-state index contributed by atoms with van der Waals surface area (Å²) in [7, 11) is 1.69. The molecule has 0 N–H and O–H groups in total. The lowest BCUT2D eigenvalue weighted by Gasteiger charge is -1.95. The molecule has 4 heteroatoms. The number of aryl methyl sites for hydroxylation is 1. The van der Waals surface area contributed by atoms with E-state index in [1.807, 2.05) is 6.92 Å². The molecule has 0 unspecified atom stereocenters. The van der Waals surface area contributed by atoms with Gasteiger partial charge in [0.2, 0.25) is 0 Å². The third-order valence-electron chi connectivity index (χ3n) is 1.29. The minimum Gasteiger partial charge on any atom is -0.378 e. The Labute approximate surface area is 78.7 Å². The third-order valence-corrected chi connectivity index (χ3v) is 3.23. The molecule has 0 fully saturated rings. The fraction of sp³-hybridized carbons (Fsp3) is 0.571. The van der Waals surface area contributed by atoms with Crippen molar-refractivity contribution < 1.29 is 4.74 Å². The van der Waals surface area contributed by atoms with Crippen molar-refractivity contribution in [1.82, 2.24) is 4.98 Å². The largest absolute Gasteiger partial charge is 0.378 e. The molecular weight excluding hydrogens is 226 g/mol. The van der Waals surface area contributed by atoms with Gasteiger partial charge >= 0.3 is 0 Å². The minimum absolute atomic E-state index is 0.616. The van der Waals surface area contributed by atoms with Gasteiger partial charge in [0.05, 0.1) is 17.3 Å². The average molecular weight is 236 g/mol. The maximum Gasteiger partial charge on any atom is 0.0901 e. The van der Waals surface area contributed by atoms with E-state index in [9.17, 15) is 0 Å². The SMILES string of the molecule is COCc1nc(C)sc1CBr. The number of methoxy groups -OCH3 is 1. The van der Waals surface area contributed by atoms with Crippen LogP contribution in [0.15, 0.2) is 0 Å². The van der Waals surface area contributed by atoms with Crippen molar-refractivity contribution in [2.24, 2.45) is 0 Å². The number of alkyl halides is 1. The van der Waals surface area contributed by atoms with Crippen LogP contribution < -0.4 is 0 Å². The Morgan fingerprint density at radius 3 is 2.91 bits per heavy atom. The number of hydrogen-bond acceptors (Lipinski definition) is 3. The molecule has 1 aromatic rings. The molecule has 0 atom stereocenters. The van der Waals surface area contributed by atoms with Crippen LogP contribution in [0.1, 0.15) is 15.6 Å². The van der Waals surface area contributed by atoms with E-state index in [0.717, 1.165) is 16.0 Å². The summed E-state index contributed by atoms with van der Waals surface area (Å²) in [6.45, 7) is 2.63. The van der Waals surface area contributed by atoms with Crippen LogP contribution in [0.2, 0.25) is 0 Å². The molecule has 0 saturated carbocycles. The molecule has 0 radical (unpaired) electrons. The summed E-state index contributed by atoms with van der Waals surface area (Å²) in [6.07, 6.45) is 0. The van der Waals surface area contributed by atoms with Crippen LogP contribution in [0.4, 0.5) is 0 Å². The van der Waals surface area contributed by atoms with Gasteiger partial charge in [0, 0.05) is 17.3 Å². The Morgan fingerprint density at radius 2 is 2.36 bits per heavy atom. The molecule has 0 aliphatic heterocycles. The van der Waals surface area contributed by atoms with Gasteiger partial charge in [-0.2, -0.15) is 0 Å². The molecule has 0 saturated heterocycles. The monoisotopic (exact) mass is 235 g/mol. The fourth-order valence-corrected chi connectivity index (χ4v) is 2.32. The van der Waals surface area contributed by atoms with Gasteiger partial charge in [0.25, 0.3) is 0 Å². The van der Waals surface area contributed by atoms with Crippen molar-refractivity contribution in [2.45, 2.75) is 18.9 Å². The number of nitrogens with zero attached hydrogens (tertiary/aromatic N) is 1. The highest BCUT2D eigenvalue weighted by atomic mass is 79.9. The Balaban J connectivity index is 2.83. The topological polar surface area (TPSA) is 22.1 Å². The zero-order valence-corrected chi connectivity index (χ0v) is 8.96. The molecule has 1 rings (SSSR count). The molecule has 0 aromatic carbocycles. The Morgan fingerprint density at radius 1 is 1.64 bits per heavy atom. The molecule has 0 spiro atoms. The number of ether oxygens (including phenoxy) is 1. The number of aromatic nitrogens is 1. The molecule has 0 amide bonds. The van der Waals surface area contributed by atoms with Gasteiger partial charge in [-0.3, -0.25) is 0 Å². The van der Waals surface area contributed by atoms with E-state index in [2.05, 4.69) is 20.9 Å². The number of rotatable bonds is 3. The van der Waals surface area contributed by atoms with Crippen molar-refractivity contribution in [3.63, 3.8) is 0 Å². The number of hydrogen-bond donors (Lipinski definition) is 0. The standard InChI is InChI=1S/C7H10BrNOS/c1-5-9-6(4-10-2)7(3-8)11-5/h3-4H2,1-2H3. The first-order valence-electron chi connectivity index (χ1n) is 3.28. The Hall–Kier alpha value is 0.0700. The van der Waals surface area contributed by atoms with Gasteiger partial charge in [-0.1, -0.05) is 15.9 Å². The lowest BCUT2D eigenvalue weighted by Crippen LogP contribution is -1.90. The first-order valence-corrected chi connectivity index (χ1v) is 5.21. The summed E-state index contributed by atoms with van der Waals surface area (Å²) in [4.78, 5) is 5.60. The normalized spacial score (nSPS) is 10.5. The summed E-state index contributed by atoms with van der Waals surface area (Å²) < 4.78 is 5.01. The molecule has 2 nitrogen and oxygen atoms in total. The first kappa shape index (κ1) is 9.16. The molecule has 62 valence electrons. The molecule has 11 heavy (non-hydrogen) atoms. The van der Waals surface area contributed by atoms with Gasteiger partial charge in [0.15, 0.2) is 0 Å². The lowest BCUT2D eigenvalue weighted by atomic mass is 10.4. The van der Waals surface area contributed by atoms with Crippen molar-refractivity contribution in [3.8, 4) is 0 Å². The van der Waals surface area contributed by atoms with Gasteiger partial charge in [-0.25, -0.2) is 4.98 Å². The van der Waals surface area contributed by atoms with E-state index in [-0.39, 0.29) is 0 Å². The second-order valence-electron chi connectivity index (χ2n) is 2.17. The highest BCUT2D eigenvalue weighted by Crippen LogP contribution is 2.20. The average Bonchev–Trinajstić information content (AvgIpc) is 2.32. The maximum absolute atomic E-state index is 5.01. The summed E-state index contributed by atoms with van der Waals surface area (Å²) in [5.74, 6) is 0. The fourth-order valence-electron chi connectivity index (χ4n) is 0.866. The van der Waals surface area contributed by atoms with Crippen LogP contribution in [0.3, 0.4) is 0 Å². The summed E-state index contributed by atoms with van der Waals surface area (Å²) >= 11 is 5.12. The summed E-state index contributed by atoms with van der Waals surface area (Å²) in [5.41, 5.74) is 1.06.